The van der Waals surface area contributed by atoms with Crippen molar-refractivity contribution in [2.24, 2.45) is 34.5 Å². The summed E-state index contributed by atoms with van der Waals surface area (Å²) in [5.41, 5.74) is 1.67. The number of nitriles is 1. The molecule has 5 nitrogen and oxygen atoms in total. The maximum Gasteiger partial charge on any atom is 0.228 e. The van der Waals surface area contributed by atoms with Crippen molar-refractivity contribution < 1.29 is 18.4 Å². The molecule has 3 fully saturated rings. The number of hydrogen-bond acceptors (Lipinski definition) is 3. The van der Waals surface area contributed by atoms with E-state index in [9.17, 15) is 18.4 Å². The molecule has 1 aromatic carbocycles. The molecule has 1 heterocycles. The van der Waals surface area contributed by atoms with Crippen molar-refractivity contribution >= 4 is 17.5 Å². The van der Waals surface area contributed by atoms with Crippen molar-refractivity contribution in [2.75, 3.05) is 12.4 Å². The van der Waals surface area contributed by atoms with Gasteiger partial charge in [0.2, 0.25) is 11.8 Å². The van der Waals surface area contributed by atoms with E-state index >= 15 is 0 Å². The third-order valence-corrected chi connectivity index (χ3v) is 10.1. The highest BCUT2D eigenvalue weighted by atomic mass is 19.1. The molecule has 1 N–H and O–H groups in total. The Kier molecular flexibility index (Phi) is 5.58. The van der Waals surface area contributed by atoms with Crippen molar-refractivity contribution in [3.63, 3.8) is 0 Å². The Bertz CT molecular complexity index is 1190. The Balaban J connectivity index is 1.41. The molecule has 7 heteroatoms. The van der Waals surface area contributed by atoms with Crippen molar-refractivity contribution in [3.8, 4) is 6.07 Å². The van der Waals surface area contributed by atoms with Gasteiger partial charge in [-0.05, 0) is 74.7 Å². The van der Waals surface area contributed by atoms with Gasteiger partial charge in [-0.15, -0.1) is 0 Å². The molecule has 5 rings (SSSR count). The number of rotatable bonds is 2. The first-order chi connectivity index (χ1) is 16.5. The second-order valence-electron chi connectivity index (χ2n) is 11.7. The average Bonchev–Trinajstić information content (AvgIpc) is 3.16. The summed E-state index contributed by atoms with van der Waals surface area (Å²) < 4.78 is 28.5. The number of fused-ring (bicyclic) bond motifs is 5. The SMILES string of the molecule is CC1=C2N(C)C(=O)CC[C@]2(C)[C@H]2CC[C@]3(C)[C@@H](C(=O)Nc4cc(F)c(C#N)cc4F)CC[C@H]3[C@@H]2C1. The molecular formula is C28H33F2N3O2. The highest BCUT2D eigenvalue weighted by Gasteiger charge is 2.61. The van der Waals surface area contributed by atoms with E-state index in [1.54, 1.807) is 6.07 Å². The van der Waals surface area contributed by atoms with E-state index in [1.165, 1.54) is 11.3 Å². The van der Waals surface area contributed by atoms with Gasteiger partial charge < -0.3 is 10.2 Å². The summed E-state index contributed by atoms with van der Waals surface area (Å²) in [5.74, 6) is -0.701. The lowest BCUT2D eigenvalue weighted by Gasteiger charge is -2.59. The van der Waals surface area contributed by atoms with Crippen LogP contribution in [0.2, 0.25) is 0 Å². The van der Waals surface area contributed by atoms with Gasteiger partial charge in [0.1, 0.15) is 17.7 Å². The fourth-order valence-electron chi connectivity index (χ4n) is 8.49. The molecular weight excluding hydrogens is 448 g/mol. The number of likely N-dealkylation sites (tertiary alicyclic amines) is 1. The Hall–Kier alpha value is -2.75. The van der Waals surface area contributed by atoms with E-state index < -0.39 is 11.6 Å². The van der Waals surface area contributed by atoms with Gasteiger partial charge in [-0.25, -0.2) is 8.78 Å². The molecule has 1 aliphatic heterocycles. The predicted molar refractivity (Wildman–Crippen MR) is 128 cm³/mol. The molecule has 0 radical (unpaired) electrons. The van der Waals surface area contributed by atoms with Crippen LogP contribution in [-0.4, -0.2) is 23.8 Å². The van der Waals surface area contributed by atoms with Crippen LogP contribution in [0.4, 0.5) is 14.5 Å². The molecule has 35 heavy (non-hydrogen) atoms. The molecule has 6 atom stereocenters. The highest BCUT2D eigenvalue weighted by Crippen LogP contribution is 2.66. The van der Waals surface area contributed by atoms with Gasteiger partial charge in [-0.1, -0.05) is 19.4 Å². The summed E-state index contributed by atoms with van der Waals surface area (Å²) in [4.78, 5) is 27.7. The Labute approximate surface area is 205 Å². The number of allylic oxidation sites excluding steroid dienone is 2. The molecule has 0 spiro atoms. The largest absolute Gasteiger partial charge is 0.323 e. The number of hydrogen-bond donors (Lipinski definition) is 1. The van der Waals surface area contributed by atoms with E-state index in [1.807, 2.05) is 11.9 Å². The summed E-state index contributed by atoms with van der Waals surface area (Å²) >= 11 is 0. The van der Waals surface area contributed by atoms with Crippen LogP contribution in [0.15, 0.2) is 23.4 Å². The second kappa shape index (κ2) is 8.15. The molecule has 2 saturated carbocycles. The molecule has 0 unspecified atom stereocenters. The first-order valence-corrected chi connectivity index (χ1v) is 12.7. The number of nitrogens with zero attached hydrogens (tertiary/aromatic N) is 2. The number of carbonyl (C=O) groups is 2. The summed E-state index contributed by atoms with van der Waals surface area (Å²) in [6.07, 6.45) is 5.96. The molecule has 0 bridgehead atoms. The lowest BCUT2D eigenvalue weighted by atomic mass is 9.48. The van der Waals surface area contributed by atoms with E-state index in [-0.39, 0.29) is 39.8 Å². The average molecular weight is 482 g/mol. The number of anilines is 1. The number of nitrogens with one attached hydrogen (secondary N) is 1. The van der Waals surface area contributed by atoms with Gasteiger partial charge in [0.05, 0.1) is 11.3 Å². The van der Waals surface area contributed by atoms with E-state index in [4.69, 9.17) is 5.26 Å². The quantitative estimate of drug-likeness (QED) is 0.583. The first kappa shape index (κ1) is 24.0. The molecule has 1 saturated heterocycles. The zero-order chi connectivity index (χ0) is 25.3. The van der Waals surface area contributed by atoms with Gasteiger partial charge in [0, 0.05) is 36.6 Å². The molecule has 3 aliphatic carbocycles. The Morgan fingerprint density at radius 2 is 1.89 bits per heavy atom. The van der Waals surface area contributed by atoms with Crippen LogP contribution in [0.5, 0.6) is 0 Å². The van der Waals surface area contributed by atoms with Crippen LogP contribution in [0.1, 0.15) is 71.3 Å². The molecule has 186 valence electrons. The van der Waals surface area contributed by atoms with Gasteiger partial charge in [0.15, 0.2) is 0 Å². The van der Waals surface area contributed by atoms with E-state index in [0.29, 0.717) is 24.2 Å². The number of piperidine rings is 1. The minimum atomic E-state index is -0.843. The highest BCUT2D eigenvalue weighted by molar-refractivity contribution is 5.93. The lowest BCUT2D eigenvalue weighted by molar-refractivity contribution is -0.137. The lowest BCUT2D eigenvalue weighted by Crippen LogP contribution is -2.54. The fraction of sp³-hybridized carbons (Fsp3) is 0.607. The smallest absolute Gasteiger partial charge is 0.228 e. The Morgan fingerprint density at radius 3 is 2.60 bits per heavy atom. The van der Waals surface area contributed by atoms with E-state index in [2.05, 4.69) is 26.1 Å². The first-order valence-electron chi connectivity index (χ1n) is 12.7. The molecule has 4 aliphatic rings. The third-order valence-electron chi connectivity index (χ3n) is 10.1. The van der Waals surface area contributed by atoms with Crippen LogP contribution in [-0.2, 0) is 9.59 Å². The number of benzene rings is 1. The number of halogens is 2. The van der Waals surface area contributed by atoms with Crippen LogP contribution >= 0.6 is 0 Å². The number of carbonyl (C=O) groups excluding carboxylic acids is 2. The topological polar surface area (TPSA) is 73.2 Å². The predicted octanol–water partition coefficient (Wildman–Crippen LogP) is 5.77. The zero-order valence-corrected chi connectivity index (χ0v) is 20.9. The van der Waals surface area contributed by atoms with Crippen molar-refractivity contribution in [1.29, 1.82) is 5.26 Å². The van der Waals surface area contributed by atoms with Crippen molar-refractivity contribution in [2.45, 2.75) is 65.7 Å². The summed E-state index contributed by atoms with van der Waals surface area (Å²) in [5, 5.41) is 11.5. The summed E-state index contributed by atoms with van der Waals surface area (Å²) in [7, 11) is 1.91. The minimum Gasteiger partial charge on any atom is -0.323 e. The monoisotopic (exact) mass is 481 g/mol. The summed E-state index contributed by atoms with van der Waals surface area (Å²) in [6.45, 7) is 6.69. The van der Waals surface area contributed by atoms with Crippen LogP contribution < -0.4 is 5.32 Å². The van der Waals surface area contributed by atoms with Gasteiger partial charge in [-0.2, -0.15) is 5.26 Å². The second-order valence-corrected chi connectivity index (χ2v) is 11.7. The standard InChI is InChI=1S/C28H33F2N3O2/c1-15-11-17-18-5-6-20(26(35)32-23-13-21(29)16(14-31)12-22(23)30)27(18,2)9-7-19(17)28(3)10-8-24(34)33(4)25(15)28/h12-13,17-20H,5-11H2,1-4H3,(H,32,35)/t17-,18-,19-,20+,27-,28+/m0/s1. The van der Waals surface area contributed by atoms with Crippen LogP contribution in [0.25, 0.3) is 0 Å². The molecule has 0 aromatic heterocycles. The third kappa shape index (κ3) is 3.43. The maximum absolute atomic E-state index is 14.5. The van der Waals surface area contributed by atoms with Crippen molar-refractivity contribution in [3.05, 3.63) is 40.6 Å². The molecule has 1 aromatic rings. The zero-order valence-electron chi connectivity index (χ0n) is 20.9. The van der Waals surface area contributed by atoms with Crippen molar-refractivity contribution in [1.82, 2.24) is 4.90 Å². The van der Waals surface area contributed by atoms with Gasteiger partial charge in [-0.3, -0.25) is 9.59 Å². The Morgan fingerprint density at radius 1 is 1.14 bits per heavy atom. The van der Waals surface area contributed by atoms with Gasteiger partial charge >= 0.3 is 0 Å². The van der Waals surface area contributed by atoms with E-state index in [0.717, 1.165) is 50.7 Å². The normalized spacial score (nSPS) is 36.3. The summed E-state index contributed by atoms with van der Waals surface area (Å²) in [6, 6.07) is 3.35. The minimum absolute atomic E-state index is 0.0273. The van der Waals surface area contributed by atoms with Crippen LogP contribution in [0.3, 0.4) is 0 Å². The fourth-order valence-corrected chi connectivity index (χ4v) is 8.49. The molecule has 2 amide bonds. The van der Waals surface area contributed by atoms with Crippen LogP contribution in [0, 0.1) is 57.5 Å². The number of amides is 2. The van der Waals surface area contributed by atoms with Gasteiger partial charge in [0.25, 0.3) is 0 Å². The maximum atomic E-state index is 14.5.